The third-order valence-corrected chi connectivity index (χ3v) is 7.94. The Bertz CT molecular complexity index is 1360. The van der Waals surface area contributed by atoms with Gasteiger partial charge in [-0.2, -0.15) is 0 Å². The molecule has 9 nitrogen and oxygen atoms in total. The first-order chi connectivity index (χ1) is 19.6. The summed E-state index contributed by atoms with van der Waals surface area (Å²) in [6.45, 7) is 1.64. The molecule has 222 valence electrons. The number of methoxy groups -OCH3 is 1. The molecule has 2 aromatic carbocycles. The number of nitrogens with one attached hydrogen (secondary N) is 2. The molecule has 4 N–H and O–H groups in total. The molecule has 1 amide bonds. The number of carbonyl (C=O) groups is 1. The number of benzene rings is 2. The second kappa shape index (κ2) is 12.9. The highest BCUT2D eigenvalue weighted by atomic mass is 19.1. The van der Waals surface area contributed by atoms with E-state index in [9.17, 15) is 28.3 Å². The van der Waals surface area contributed by atoms with Crippen molar-refractivity contribution in [2.75, 3.05) is 57.6 Å². The summed E-state index contributed by atoms with van der Waals surface area (Å²) in [7, 11) is 5.30. The predicted octanol–water partition coefficient (Wildman–Crippen LogP) is 4.24. The average molecular weight is 576 g/mol. The smallest absolute Gasteiger partial charge is 0.249 e. The van der Waals surface area contributed by atoms with E-state index in [1.54, 1.807) is 19.4 Å². The van der Waals surface area contributed by atoms with E-state index < -0.39 is 34.9 Å². The maximum Gasteiger partial charge on any atom is 0.249 e. The number of aliphatic hydroxyl groups excluding tert-OH is 1. The van der Waals surface area contributed by atoms with Gasteiger partial charge >= 0.3 is 0 Å². The number of ether oxygens (including phenoxy) is 1. The third-order valence-electron chi connectivity index (χ3n) is 7.94. The van der Waals surface area contributed by atoms with Gasteiger partial charge in [-0.1, -0.05) is 0 Å². The molecule has 3 aromatic rings. The largest absolute Gasteiger partial charge is 0.497 e. The molecular weight excluding hydrogens is 539 g/mol. The van der Waals surface area contributed by atoms with Gasteiger partial charge in [0.2, 0.25) is 5.91 Å². The molecule has 0 spiro atoms. The van der Waals surface area contributed by atoms with Gasteiger partial charge in [-0.3, -0.25) is 15.0 Å². The number of hydrogen-bond donors (Lipinski definition) is 4. The highest BCUT2D eigenvalue weighted by molar-refractivity contribution is 5.88. The Labute approximate surface area is 236 Å². The lowest BCUT2D eigenvalue weighted by Crippen LogP contribution is -2.49. The molecule has 0 bridgehead atoms. The molecule has 1 atom stereocenters. The van der Waals surface area contributed by atoms with Crippen molar-refractivity contribution in [1.82, 2.24) is 15.4 Å². The fourth-order valence-electron chi connectivity index (χ4n) is 5.54. The lowest BCUT2D eigenvalue weighted by molar-refractivity contribution is -0.143. The molecule has 12 heteroatoms. The maximum absolute atomic E-state index is 13.9. The summed E-state index contributed by atoms with van der Waals surface area (Å²) in [5, 5.41) is 24.4. The predicted molar refractivity (Wildman–Crippen MR) is 150 cm³/mol. The number of aliphatic hydroxyl groups is 1. The maximum atomic E-state index is 13.9. The number of pyridine rings is 1. The van der Waals surface area contributed by atoms with E-state index in [0.717, 1.165) is 11.1 Å². The van der Waals surface area contributed by atoms with Crippen LogP contribution in [0.15, 0.2) is 36.5 Å². The fraction of sp³-hybridized carbons (Fsp3) is 0.448. The number of hydroxylamine groups is 1. The van der Waals surface area contributed by atoms with E-state index in [2.05, 4.69) is 10.3 Å². The van der Waals surface area contributed by atoms with E-state index in [-0.39, 0.29) is 18.7 Å². The number of hydrogen-bond acceptors (Lipinski definition) is 8. The number of amides is 1. The monoisotopic (exact) mass is 575 g/mol. The van der Waals surface area contributed by atoms with Crippen molar-refractivity contribution in [3.8, 4) is 5.75 Å². The van der Waals surface area contributed by atoms with Gasteiger partial charge in [0.05, 0.1) is 36.0 Å². The standard InChI is InChI=1S/C29H36F3N5O4/c1-36(2)24-17-34-23-5-4-19(41-3)16-20(23)26(24)25(38)6-7-29(28(39)35-40)8-11-37(12-9-29)13-10-33-27-21(31)14-18(30)15-22(27)32/h4-5,14-17,25,33,38,40H,6-13H2,1-3H3,(H,35,39)/t25-/m1/s1. The van der Waals surface area contributed by atoms with Crippen molar-refractivity contribution >= 4 is 28.2 Å². The van der Waals surface area contributed by atoms with Crippen LogP contribution in [0.5, 0.6) is 5.75 Å². The van der Waals surface area contributed by atoms with Gasteiger partial charge in [-0.25, -0.2) is 18.7 Å². The van der Waals surface area contributed by atoms with Crippen molar-refractivity contribution in [3.63, 3.8) is 0 Å². The quantitative estimate of drug-likeness (QED) is 0.199. The number of piperidine rings is 1. The van der Waals surface area contributed by atoms with Gasteiger partial charge in [-0.15, -0.1) is 0 Å². The fourth-order valence-corrected chi connectivity index (χ4v) is 5.54. The molecule has 0 aliphatic carbocycles. The third kappa shape index (κ3) is 6.66. The van der Waals surface area contributed by atoms with E-state index in [0.29, 0.717) is 67.9 Å². The zero-order valence-electron chi connectivity index (χ0n) is 23.4. The van der Waals surface area contributed by atoms with Gasteiger partial charge in [-0.05, 0) is 57.0 Å². The number of likely N-dealkylation sites (tertiary alicyclic amines) is 1. The summed E-state index contributed by atoms with van der Waals surface area (Å²) >= 11 is 0. The SMILES string of the molecule is COc1ccc2ncc(N(C)C)c([C@H](O)CCC3(C(=O)NO)CCN(CCNc4c(F)cc(F)cc4F)CC3)c2c1. The lowest BCUT2D eigenvalue weighted by atomic mass is 9.73. The number of nitrogens with zero attached hydrogens (tertiary/aromatic N) is 3. The summed E-state index contributed by atoms with van der Waals surface area (Å²) in [5.74, 6) is -2.87. The number of fused-ring (bicyclic) bond motifs is 1. The zero-order chi connectivity index (χ0) is 29.7. The molecule has 1 saturated heterocycles. The number of aromatic nitrogens is 1. The minimum atomic E-state index is -1.00. The molecule has 2 heterocycles. The van der Waals surface area contributed by atoms with Crippen LogP contribution in [-0.2, 0) is 4.79 Å². The van der Waals surface area contributed by atoms with Crippen LogP contribution in [0.4, 0.5) is 24.5 Å². The Balaban J connectivity index is 1.44. The van der Waals surface area contributed by atoms with Crippen LogP contribution >= 0.6 is 0 Å². The Hall–Kier alpha value is -3.61. The topological polar surface area (TPSA) is 110 Å². The Morgan fingerprint density at radius 3 is 2.46 bits per heavy atom. The summed E-state index contributed by atoms with van der Waals surface area (Å²) in [6, 6.07) is 6.70. The first kappa shape index (κ1) is 30.4. The summed E-state index contributed by atoms with van der Waals surface area (Å²) < 4.78 is 46.4. The molecule has 1 aliphatic rings. The van der Waals surface area contributed by atoms with Crippen LogP contribution in [0.2, 0.25) is 0 Å². The molecule has 0 saturated carbocycles. The lowest BCUT2D eigenvalue weighted by Gasteiger charge is -2.40. The van der Waals surface area contributed by atoms with Gasteiger partial charge in [0.1, 0.15) is 17.3 Å². The summed E-state index contributed by atoms with van der Waals surface area (Å²) in [6.07, 6.45) is 2.19. The Morgan fingerprint density at radius 2 is 1.85 bits per heavy atom. The number of rotatable bonds is 11. The minimum absolute atomic E-state index is 0.212. The molecule has 41 heavy (non-hydrogen) atoms. The van der Waals surface area contributed by atoms with Crippen LogP contribution in [0.1, 0.15) is 37.4 Å². The van der Waals surface area contributed by atoms with E-state index in [4.69, 9.17) is 4.74 Å². The molecule has 1 fully saturated rings. The highest BCUT2D eigenvalue weighted by Crippen LogP contribution is 2.41. The minimum Gasteiger partial charge on any atom is -0.497 e. The van der Waals surface area contributed by atoms with Crippen LogP contribution in [-0.4, -0.2) is 73.5 Å². The molecule has 4 rings (SSSR count). The number of carbonyl (C=O) groups excluding carboxylic acids is 1. The van der Waals surface area contributed by atoms with Crippen molar-refractivity contribution in [2.24, 2.45) is 5.41 Å². The zero-order valence-corrected chi connectivity index (χ0v) is 23.4. The van der Waals surface area contributed by atoms with Gasteiger partial charge in [0.15, 0.2) is 11.6 Å². The van der Waals surface area contributed by atoms with Gasteiger partial charge < -0.3 is 25.0 Å². The van der Waals surface area contributed by atoms with E-state index in [1.165, 1.54) is 0 Å². The van der Waals surface area contributed by atoms with Crippen molar-refractivity contribution < 1.29 is 33.0 Å². The number of anilines is 2. The van der Waals surface area contributed by atoms with E-state index in [1.807, 2.05) is 41.5 Å². The molecule has 0 unspecified atom stereocenters. The second-order valence-electron chi connectivity index (χ2n) is 10.6. The first-order valence-electron chi connectivity index (χ1n) is 13.5. The summed E-state index contributed by atoms with van der Waals surface area (Å²) in [4.78, 5) is 21.3. The van der Waals surface area contributed by atoms with Crippen molar-refractivity contribution in [3.05, 3.63) is 59.5 Å². The second-order valence-corrected chi connectivity index (χ2v) is 10.6. The number of halogens is 3. The van der Waals surface area contributed by atoms with Crippen LogP contribution < -0.4 is 20.4 Å². The van der Waals surface area contributed by atoms with Gasteiger partial charge in [0.25, 0.3) is 0 Å². The van der Waals surface area contributed by atoms with Crippen molar-refractivity contribution in [2.45, 2.75) is 31.8 Å². The van der Waals surface area contributed by atoms with Crippen LogP contribution in [0.3, 0.4) is 0 Å². The summed E-state index contributed by atoms with van der Waals surface area (Å²) in [5.41, 5.74) is 2.65. The molecule has 0 radical (unpaired) electrons. The Morgan fingerprint density at radius 1 is 1.17 bits per heavy atom. The normalized spacial score (nSPS) is 15.9. The average Bonchev–Trinajstić information content (AvgIpc) is 2.96. The molecular formula is C29H36F3N5O4. The van der Waals surface area contributed by atoms with E-state index >= 15 is 0 Å². The molecule has 1 aliphatic heterocycles. The highest BCUT2D eigenvalue weighted by Gasteiger charge is 2.41. The van der Waals surface area contributed by atoms with Crippen LogP contribution in [0, 0.1) is 22.9 Å². The first-order valence-corrected chi connectivity index (χ1v) is 13.5. The van der Waals surface area contributed by atoms with Crippen LogP contribution in [0.25, 0.3) is 10.9 Å². The van der Waals surface area contributed by atoms with Gasteiger partial charge in [0, 0.05) is 50.3 Å². The molecule has 1 aromatic heterocycles. The Kier molecular flexibility index (Phi) is 9.57. The van der Waals surface area contributed by atoms with Crippen molar-refractivity contribution in [1.29, 1.82) is 0 Å².